The van der Waals surface area contributed by atoms with Gasteiger partial charge in [-0.1, -0.05) is 35.5 Å². The molecule has 0 amide bonds. The second-order valence-electron chi connectivity index (χ2n) is 10.1. The maximum Gasteiger partial charge on any atom is 0.335 e. The summed E-state index contributed by atoms with van der Waals surface area (Å²) in [5.74, 6) is 1.66. The molecule has 6 rings (SSSR count). The van der Waals surface area contributed by atoms with E-state index in [1.165, 1.54) is 12.0 Å². The number of nitrogens with one attached hydrogen (secondary N) is 1. The van der Waals surface area contributed by atoms with Crippen molar-refractivity contribution in [1.29, 1.82) is 0 Å². The van der Waals surface area contributed by atoms with Crippen molar-refractivity contribution in [3.8, 4) is 0 Å². The first kappa shape index (κ1) is 21.4. The standard InChI is InChI=1S/C27H30N4O3/c32-25(33)20-6-8-21(9-7-20)31-14-10-19(11-15-31)24-29-26(30-34-24)27(12-13-27)17-28-23-16-22(23)18-4-2-1-3-5-18/h1-9,19,22-23,28H,10-17H2,(H,32,33)/t22?,23-/m0/s1. The molecule has 0 bridgehead atoms. The van der Waals surface area contributed by atoms with Crippen molar-refractivity contribution in [2.24, 2.45) is 0 Å². The maximum atomic E-state index is 11.1. The number of piperidine rings is 1. The van der Waals surface area contributed by atoms with Crippen LogP contribution in [0, 0.1) is 0 Å². The third-order valence-electron chi connectivity index (χ3n) is 7.81. The molecule has 3 aromatic rings. The van der Waals surface area contributed by atoms with E-state index in [-0.39, 0.29) is 11.3 Å². The van der Waals surface area contributed by atoms with Crippen LogP contribution in [-0.4, -0.2) is 46.9 Å². The number of benzene rings is 2. The van der Waals surface area contributed by atoms with Gasteiger partial charge in [-0.25, -0.2) is 4.79 Å². The number of rotatable bonds is 8. The predicted octanol–water partition coefficient (Wildman–Crippen LogP) is 4.33. The van der Waals surface area contributed by atoms with Gasteiger partial charge in [-0.15, -0.1) is 0 Å². The fourth-order valence-electron chi connectivity index (χ4n) is 5.26. The number of hydrogen-bond donors (Lipinski definition) is 2. The number of carboxylic acids is 1. The van der Waals surface area contributed by atoms with Crippen LogP contribution in [0.25, 0.3) is 0 Å². The van der Waals surface area contributed by atoms with Gasteiger partial charge >= 0.3 is 5.97 Å². The summed E-state index contributed by atoms with van der Waals surface area (Å²) in [6.45, 7) is 2.71. The van der Waals surface area contributed by atoms with Crippen LogP contribution >= 0.6 is 0 Å². The first-order chi connectivity index (χ1) is 16.6. The Morgan fingerprint density at radius 1 is 1.09 bits per heavy atom. The molecule has 0 radical (unpaired) electrons. The highest BCUT2D eigenvalue weighted by molar-refractivity contribution is 5.88. The summed E-state index contributed by atoms with van der Waals surface area (Å²) in [5.41, 5.74) is 2.85. The summed E-state index contributed by atoms with van der Waals surface area (Å²) >= 11 is 0. The fraction of sp³-hybridized carbons (Fsp3) is 0.444. The minimum absolute atomic E-state index is 0.0398. The zero-order valence-electron chi connectivity index (χ0n) is 19.2. The predicted molar refractivity (Wildman–Crippen MR) is 128 cm³/mol. The monoisotopic (exact) mass is 458 g/mol. The van der Waals surface area contributed by atoms with E-state index in [0.29, 0.717) is 17.5 Å². The van der Waals surface area contributed by atoms with E-state index in [1.807, 2.05) is 12.1 Å². The molecule has 2 heterocycles. The van der Waals surface area contributed by atoms with Crippen LogP contribution < -0.4 is 10.2 Å². The lowest BCUT2D eigenvalue weighted by molar-refractivity contribution is 0.0697. The van der Waals surface area contributed by atoms with Gasteiger partial charge in [0.05, 0.1) is 5.56 Å². The van der Waals surface area contributed by atoms with Crippen LogP contribution in [0.3, 0.4) is 0 Å². The highest BCUT2D eigenvalue weighted by Crippen LogP contribution is 2.48. The van der Waals surface area contributed by atoms with E-state index in [2.05, 4.69) is 45.7 Å². The normalized spacial score (nSPS) is 23.6. The number of carboxylic acid groups (broad SMARTS) is 1. The fourth-order valence-corrected chi connectivity index (χ4v) is 5.26. The van der Waals surface area contributed by atoms with Crippen molar-refractivity contribution in [2.45, 2.75) is 55.4 Å². The van der Waals surface area contributed by atoms with Gasteiger partial charge < -0.3 is 19.8 Å². The molecular formula is C27H30N4O3. The molecule has 1 unspecified atom stereocenters. The van der Waals surface area contributed by atoms with E-state index < -0.39 is 5.97 Å². The Labute approximate surface area is 199 Å². The Bertz CT molecular complexity index is 1150. The molecule has 7 heteroatoms. The molecule has 2 saturated carbocycles. The van der Waals surface area contributed by atoms with E-state index in [9.17, 15) is 4.79 Å². The Hall–Kier alpha value is -3.19. The van der Waals surface area contributed by atoms with Crippen LogP contribution in [0.4, 0.5) is 5.69 Å². The van der Waals surface area contributed by atoms with Crippen LogP contribution in [-0.2, 0) is 5.41 Å². The molecule has 3 fully saturated rings. The van der Waals surface area contributed by atoms with Crippen LogP contribution in [0.5, 0.6) is 0 Å². The molecule has 2 aliphatic carbocycles. The zero-order valence-corrected chi connectivity index (χ0v) is 19.2. The third kappa shape index (κ3) is 4.20. The number of hydrogen-bond acceptors (Lipinski definition) is 6. The summed E-state index contributed by atoms with van der Waals surface area (Å²) in [6.07, 6.45) is 5.34. The molecule has 3 aliphatic rings. The Morgan fingerprint density at radius 3 is 2.50 bits per heavy atom. The van der Waals surface area contributed by atoms with Gasteiger partial charge in [0.15, 0.2) is 5.82 Å². The number of aromatic carboxylic acids is 1. The molecule has 34 heavy (non-hydrogen) atoms. The van der Waals surface area contributed by atoms with E-state index >= 15 is 0 Å². The Balaban J connectivity index is 1.03. The summed E-state index contributed by atoms with van der Waals surface area (Å²) in [4.78, 5) is 18.2. The second-order valence-corrected chi connectivity index (χ2v) is 10.1. The molecule has 2 aromatic carbocycles. The SMILES string of the molecule is O=C(O)c1ccc(N2CCC(c3nc(C4(CN[C@H]5CC5c5ccccc5)CC4)no3)CC2)cc1. The van der Waals surface area contributed by atoms with E-state index in [4.69, 9.17) is 14.6 Å². The minimum atomic E-state index is -0.894. The highest BCUT2D eigenvalue weighted by Gasteiger charge is 2.50. The molecule has 1 aliphatic heterocycles. The average molecular weight is 459 g/mol. The average Bonchev–Trinajstić information content (AvgIpc) is 3.80. The molecular weight excluding hydrogens is 428 g/mol. The largest absolute Gasteiger partial charge is 0.478 e. The van der Waals surface area contributed by atoms with Crippen LogP contribution in [0.2, 0.25) is 0 Å². The second kappa shape index (κ2) is 8.55. The maximum absolute atomic E-state index is 11.1. The lowest BCUT2D eigenvalue weighted by Crippen LogP contribution is -2.33. The molecule has 176 valence electrons. The third-order valence-corrected chi connectivity index (χ3v) is 7.81. The van der Waals surface area contributed by atoms with E-state index in [1.54, 1.807) is 12.1 Å². The first-order valence-electron chi connectivity index (χ1n) is 12.3. The summed E-state index contributed by atoms with van der Waals surface area (Å²) in [6, 6.07) is 18.4. The molecule has 2 atom stereocenters. The number of anilines is 1. The van der Waals surface area contributed by atoms with Gasteiger partial charge in [-0.2, -0.15) is 4.98 Å². The topological polar surface area (TPSA) is 91.5 Å². The lowest BCUT2D eigenvalue weighted by atomic mass is 9.96. The Kier molecular flexibility index (Phi) is 5.37. The van der Waals surface area contributed by atoms with Gasteiger partial charge in [-0.3, -0.25) is 0 Å². The van der Waals surface area contributed by atoms with Crippen LogP contribution in [0.1, 0.15) is 71.6 Å². The summed E-state index contributed by atoms with van der Waals surface area (Å²) in [5, 5.41) is 17.3. The van der Waals surface area contributed by atoms with Gasteiger partial charge in [0.25, 0.3) is 0 Å². The van der Waals surface area contributed by atoms with Crippen molar-refractivity contribution in [2.75, 3.05) is 24.5 Å². The van der Waals surface area contributed by atoms with Gasteiger partial charge in [0.2, 0.25) is 5.89 Å². The number of nitrogens with zero attached hydrogens (tertiary/aromatic N) is 3. The lowest BCUT2D eigenvalue weighted by Gasteiger charge is -2.32. The highest BCUT2D eigenvalue weighted by atomic mass is 16.5. The van der Waals surface area contributed by atoms with Crippen LogP contribution in [0.15, 0.2) is 59.1 Å². The molecule has 1 saturated heterocycles. The summed E-state index contributed by atoms with van der Waals surface area (Å²) in [7, 11) is 0. The van der Waals surface area contributed by atoms with Gasteiger partial charge in [0, 0.05) is 48.6 Å². The Morgan fingerprint density at radius 2 is 1.82 bits per heavy atom. The van der Waals surface area contributed by atoms with E-state index in [0.717, 1.165) is 62.7 Å². The molecule has 0 spiro atoms. The minimum Gasteiger partial charge on any atom is -0.478 e. The molecule has 7 nitrogen and oxygen atoms in total. The molecule has 2 N–H and O–H groups in total. The van der Waals surface area contributed by atoms with Crippen molar-refractivity contribution in [3.05, 3.63) is 77.4 Å². The van der Waals surface area contributed by atoms with Gasteiger partial charge in [0.1, 0.15) is 0 Å². The van der Waals surface area contributed by atoms with Crippen molar-refractivity contribution >= 4 is 11.7 Å². The molecule has 1 aromatic heterocycles. The number of aromatic nitrogens is 2. The smallest absolute Gasteiger partial charge is 0.335 e. The first-order valence-corrected chi connectivity index (χ1v) is 12.3. The van der Waals surface area contributed by atoms with Crippen molar-refractivity contribution < 1.29 is 14.4 Å². The van der Waals surface area contributed by atoms with Crippen molar-refractivity contribution in [1.82, 2.24) is 15.5 Å². The quantitative estimate of drug-likeness (QED) is 0.519. The van der Waals surface area contributed by atoms with Crippen molar-refractivity contribution in [3.63, 3.8) is 0 Å². The summed E-state index contributed by atoms with van der Waals surface area (Å²) < 4.78 is 5.75. The number of carbonyl (C=O) groups is 1. The zero-order chi connectivity index (χ0) is 23.1. The van der Waals surface area contributed by atoms with Gasteiger partial charge in [-0.05, 0) is 61.9 Å².